The van der Waals surface area contributed by atoms with Crippen LogP contribution in [0, 0.1) is 0 Å². The first-order chi connectivity index (χ1) is 13.8. The van der Waals surface area contributed by atoms with Crippen LogP contribution >= 0.6 is 0 Å². The second kappa shape index (κ2) is 10.9. The lowest BCUT2D eigenvalue weighted by Gasteiger charge is -2.32. The van der Waals surface area contributed by atoms with Gasteiger partial charge in [0.1, 0.15) is 0 Å². The van der Waals surface area contributed by atoms with Crippen molar-refractivity contribution in [2.75, 3.05) is 6.54 Å². The van der Waals surface area contributed by atoms with Crippen molar-refractivity contribution in [2.45, 2.75) is 83.6 Å². The molecule has 0 unspecified atom stereocenters. The molecule has 152 valence electrons. The standard InChI is InChI=1S/C22H33N5O/c1-2-26(19-13-7-4-3-5-8-14-19)22(28)18-12-11-17-21-23-24-25-27(21)20-15-9-6-10-16-20/h6,9-10,15-16,19H,2-5,7-8,11-14,17-18H2,1H3. The van der Waals surface area contributed by atoms with Crippen LogP contribution in [0.3, 0.4) is 0 Å². The average molecular weight is 384 g/mol. The van der Waals surface area contributed by atoms with Gasteiger partial charge in [0, 0.05) is 25.4 Å². The molecule has 28 heavy (non-hydrogen) atoms. The zero-order valence-electron chi connectivity index (χ0n) is 17.1. The van der Waals surface area contributed by atoms with Gasteiger partial charge in [-0.05, 0) is 55.2 Å². The minimum absolute atomic E-state index is 0.315. The van der Waals surface area contributed by atoms with Gasteiger partial charge in [0.05, 0.1) is 5.69 Å². The number of aryl methyl sites for hydroxylation is 1. The smallest absolute Gasteiger partial charge is 0.222 e. The van der Waals surface area contributed by atoms with E-state index in [-0.39, 0.29) is 0 Å². The van der Waals surface area contributed by atoms with E-state index in [9.17, 15) is 4.79 Å². The quantitative estimate of drug-likeness (QED) is 0.636. The molecule has 1 aromatic carbocycles. The Bertz CT molecular complexity index is 707. The Morgan fingerprint density at radius 2 is 1.79 bits per heavy atom. The van der Waals surface area contributed by atoms with Crippen LogP contribution in [0.5, 0.6) is 0 Å². The molecule has 2 aromatic rings. The zero-order chi connectivity index (χ0) is 19.6. The van der Waals surface area contributed by atoms with E-state index in [0.717, 1.165) is 37.3 Å². The largest absolute Gasteiger partial charge is 0.340 e. The molecule has 1 aromatic heterocycles. The van der Waals surface area contributed by atoms with Gasteiger partial charge in [0.25, 0.3) is 0 Å². The fourth-order valence-corrected chi connectivity index (χ4v) is 4.22. The summed E-state index contributed by atoms with van der Waals surface area (Å²) in [5.74, 6) is 1.17. The first kappa shape index (κ1) is 20.5. The van der Waals surface area contributed by atoms with Gasteiger partial charge >= 0.3 is 0 Å². The van der Waals surface area contributed by atoms with Crippen molar-refractivity contribution in [2.24, 2.45) is 0 Å². The van der Waals surface area contributed by atoms with E-state index in [1.165, 1.54) is 44.9 Å². The van der Waals surface area contributed by atoms with E-state index in [2.05, 4.69) is 27.3 Å². The monoisotopic (exact) mass is 383 g/mol. The van der Waals surface area contributed by atoms with Crippen molar-refractivity contribution in [3.05, 3.63) is 36.2 Å². The van der Waals surface area contributed by atoms with Crippen LogP contribution in [0.2, 0.25) is 0 Å². The number of nitrogens with zero attached hydrogens (tertiary/aromatic N) is 5. The third-order valence-electron chi connectivity index (χ3n) is 5.75. The summed E-state index contributed by atoms with van der Waals surface area (Å²) in [6.45, 7) is 2.94. The molecule has 1 aliphatic carbocycles. The summed E-state index contributed by atoms with van der Waals surface area (Å²) in [6, 6.07) is 10.4. The minimum Gasteiger partial charge on any atom is -0.340 e. The van der Waals surface area contributed by atoms with Crippen LogP contribution in [0.1, 0.15) is 77.0 Å². The SMILES string of the molecule is CCN(C(=O)CCCCc1nnnn1-c1ccccc1)C1CCCCCCC1. The van der Waals surface area contributed by atoms with E-state index in [0.29, 0.717) is 18.4 Å². The van der Waals surface area contributed by atoms with Crippen molar-refractivity contribution >= 4 is 5.91 Å². The van der Waals surface area contributed by atoms with E-state index in [1.54, 1.807) is 4.68 Å². The number of benzene rings is 1. The van der Waals surface area contributed by atoms with E-state index < -0.39 is 0 Å². The Balaban J connectivity index is 1.47. The second-order valence-corrected chi connectivity index (χ2v) is 7.73. The molecule has 0 spiro atoms. The zero-order valence-corrected chi connectivity index (χ0v) is 17.1. The van der Waals surface area contributed by atoms with Gasteiger partial charge in [-0.15, -0.1) is 5.10 Å². The van der Waals surface area contributed by atoms with Crippen LogP contribution in [0.25, 0.3) is 5.69 Å². The maximum absolute atomic E-state index is 12.8. The van der Waals surface area contributed by atoms with Gasteiger partial charge in [-0.25, -0.2) is 0 Å². The number of carbonyl (C=O) groups excluding carboxylic acids is 1. The Morgan fingerprint density at radius 3 is 2.50 bits per heavy atom. The third kappa shape index (κ3) is 5.63. The first-order valence-electron chi connectivity index (χ1n) is 10.9. The van der Waals surface area contributed by atoms with E-state index >= 15 is 0 Å². The fourth-order valence-electron chi connectivity index (χ4n) is 4.22. The van der Waals surface area contributed by atoms with Gasteiger partial charge in [-0.3, -0.25) is 4.79 Å². The molecule has 1 fully saturated rings. The summed E-state index contributed by atoms with van der Waals surface area (Å²) in [6.07, 6.45) is 12.1. The maximum Gasteiger partial charge on any atom is 0.222 e. The van der Waals surface area contributed by atoms with E-state index in [4.69, 9.17) is 0 Å². The van der Waals surface area contributed by atoms with Crippen LogP contribution in [-0.4, -0.2) is 43.6 Å². The van der Waals surface area contributed by atoms with Crippen molar-refractivity contribution < 1.29 is 4.79 Å². The Kier molecular flexibility index (Phi) is 8.00. The predicted octanol–water partition coefficient (Wildman–Crippen LogP) is 4.34. The van der Waals surface area contributed by atoms with Crippen LogP contribution in [0.15, 0.2) is 30.3 Å². The normalized spacial score (nSPS) is 15.8. The Labute approximate surface area is 168 Å². The number of para-hydroxylation sites is 1. The van der Waals surface area contributed by atoms with Crippen molar-refractivity contribution in [1.29, 1.82) is 0 Å². The lowest BCUT2D eigenvalue weighted by Crippen LogP contribution is -2.40. The Morgan fingerprint density at radius 1 is 1.07 bits per heavy atom. The molecular formula is C22H33N5O. The summed E-state index contributed by atoms with van der Waals surface area (Å²) >= 11 is 0. The number of hydrogen-bond acceptors (Lipinski definition) is 4. The lowest BCUT2D eigenvalue weighted by atomic mass is 9.95. The van der Waals surface area contributed by atoms with E-state index in [1.807, 2.05) is 30.3 Å². The molecule has 0 aliphatic heterocycles. The number of aromatic nitrogens is 4. The molecule has 1 aliphatic rings. The summed E-state index contributed by atoms with van der Waals surface area (Å²) in [4.78, 5) is 14.9. The molecule has 1 saturated carbocycles. The average Bonchev–Trinajstić information content (AvgIpc) is 3.16. The molecular weight excluding hydrogens is 350 g/mol. The molecule has 6 heteroatoms. The number of unbranched alkanes of at least 4 members (excludes halogenated alkanes) is 1. The van der Waals surface area contributed by atoms with Crippen molar-refractivity contribution in [3.8, 4) is 5.69 Å². The highest BCUT2D eigenvalue weighted by Gasteiger charge is 2.22. The molecule has 0 bridgehead atoms. The van der Waals surface area contributed by atoms with Crippen molar-refractivity contribution in [3.63, 3.8) is 0 Å². The van der Waals surface area contributed by atoms with Crippen LogP contribution < -0.4 is 0 Å². The Hall–Kier alpha value is -2.24. The molecule has 0 radical (unpaired) electrons. The summed E-state index contributed by atoms with van der Waals surface area (Å²) in [7, 11) is 0. The molecule has 0 saturated heterocycles. The van der Waals surface area contributed by atoms with Gasteiger partial charge in [0.2, 0.25) is 5.91 Å². The second-order valence-electron chi connectivity index (χ2n) is 7.73. The summed E-state index contributed by atoms with van der Waals surface area (Å²) in [5, 5.41) is 12.1. The molecule has 3 rings (SSSR count). The number of hydrogen-bond donors (Lipinski definition) is 0. The van der Waals surface area contributed by atoms with Crippen LogP contribution in [-0.2, 0) is 11.2 Å². The fraction of sp³-hybridized carbons (Fsp3) is 0.636. The van der Waals surface area contributed by atoms with Crippen LogP contribution in [0.4, 0.5) is 0 Å². The number of amides is 1. The van der Waals surface area contributed by atoms with Crippen molar-refractivity contribution in [1.82, 2.24) is 25.1 Å². The predicted molar refractivity (Wildman–Crippen MR) is 110 cm³/mol. The molecule has 6 nitrogen and oxygen atoms in total. The lowest BCUT2D eigenvalue weighted by molar-refractivity contribution is -0.133. The topological polar surface area (TPSA) is 63.9 Å². The molecule has 0 N–H and O–H groups in total. The number of rotatable bonds is 8. The van der Waals surface area contributed by atoms with Gasteiger partial charge in [0.15, 0.2) is 5.82 Å². The number of tetrazole rings is 1. The summed E-state index contributed by atoms with van der Waals surface area (Å²) in [5.41, 5.74) is 0.972. The molecule has 1 heterocycles. The molecule has 0 atom stereocenters. The highest BCUT2D eigenvalue weighted by molar-refractivity contribution is 5.76. The highest BCUT2D eigenvalue weighted by atomic mass is 16.2. The summed E-state index contributed by atoms with van der Waals surface area (Å²) < 4.78 is 1.79. The minimum atomic E-state index is 0.315. The van der Waals surface area contributed by atoms with Gasteiger partial charge < -0.3 is 4.90 Å². The third-order valence-corrected chi connectivity index (χ3v) is 5.75. The van der Waals surface area contributed by atoms with Gasteiger partial charge in [-0.1, -0.05) is 50.3 Å². The number of carbonyl (C=O) groups is 1. The first-order valence-corrected chi connectivity index (χ1v) is 10.9. The van der Waals surface area contributed by atoms with Gasteiger partial charge in [-0.2, -0.15) is 4.68 Å². The highest BCUT2D eigenvalue weighted by Crippen LogP contribution is 2.22. The maximum atomic E-state index is 12.8. The molecule has 1 amide bonds.